The van der Waals surface area contributed by atoms with Gasteiger partial charge in [0.25, 0.3) is 0 Å². The molecule has 0 aliphatic rings. The van der Waals surface area contributed by atoms with Gasteiger partial charge in [-0.15, -0.1) is 5.10 Å². The summed E-state index contributed by atoms with van der Waals surface area (Å²) in [6, 6.07) is 0. The molecule has 0 aliphatic heterocycles. The van der Waals surface area contributed by atoms with Gasteiger partial charge in [-0.05, 0) is 0 Å². The van der Waals surface area contributed by atoms with E-state index in [9.17, 15) is 9.36 Å². The number of H-pyrrole nitrogens is 2. The minimum absolute atomic E-state index is 0.641. The average Bonchev–Trinajstić information content (AvgIpc) is 2.11. The van der Waals surface area contributed by atoms with Crippen molar-refractivity contribution in [2.45, 2.75) is 0 Å². The maximum absolute atomic E-state index is 10.3. The van der Waals surface area contributed by atoms with E-state index in [0.717, 1.165) is 0 Å². The molecule has 56 valence electrons. The van der Waals surface area contributed by atoms with Crippen LogP contribution in [0.2, 0.25) is 0 Å². The van der Waals surface area contributed by atoms with Crippen molar-refractivity contribution in [2.24, 2.45) is 0 Å². The van der Waals surface area contributed by atoms with Crippen LogP contribution in [0.4, 0.5) is 0 Å². The van der Waals surface area contributed by atoms with Crippen molar-refractivity contribution in [3.8, 4) is 0 Å². The first-order valence-corrected chi connectivity index (χ1v) is 3.82. The fourth-order valence-corrected chi connectivity index (χ4v) is 0.827. The molecule has 10 heavy (non-hydrogen) atoms. The fraction of sp³-hybridized carbons (Fsp3) is 0. The lowest BCUT2D eigenvalue weighted by molar-refractivity contribution is 0.385. The molecule has 0 saturated heterocycles. The van der Waals surface area contributed by atoms with Crippen molar-refractivity contribution in [3.63, 3.8) is 0 Å². The van der Waals surface area contributed by atoms with E-state index in [4.69, 9.17) is 9.79 Å². The van der Waals surface area contributed by atoms with Crippen LogP contribution in [0, 0.1) is 0 Å². The van der Waals surface area contributed by atoms with Crippen molar-refractivity contribution >= 4 is 13.2 Å². The summed E-state index contributed by atoms with van der Waals surface area (Å²) < 4.78 is 10.3. The van der Waals surface area contributed by atoms with Gasteiger partial charge in [-0.3, -0.25) is 9.55 Å². The Balaban J connectivity index is 3.20. The highest BCUT2D eigenvalue weighted by atomic mass is 31.2. The van der Waals surface area contributed by atoms with Gasteiger partial charge in [0.1, 0.15) is 0 Å². The topological polar surface area (TPSA) is 119 Å². The zero-order valence-electron chi connectivity index (χ0n) is 4.61. The SMILES string of the molecule is O=c1[nH]nc(P(=O)(O)O)[nH]1. The Bertz CT molecular complexity index is 319. The summed E-state index contributed by atoms with van der Waals surface area (Å²) in [6.07, 6.45) is 0. The molecule has 0 atom stereocenters. The quantitative estimate of drug-likeness (QED) is 0.355. The summed E-state index contributed by atoms with van der Waals surface area (Å²) in [5.74, 6) is 0. The van der Waals surface area contributed by atoms with Crippen LogP contribution >= 0.6 is 7.60 Å². The molecule has 0 aromatic carbocycles. The zero-order valence-corrected chi connectivity index (χ0v) is 5.50. The lowest BCUT2D eigenvalue weighted by atomic mass is 11.3. The molecular weight excluding hydrogens is 161 g/mol. The fourth-order valence-electron chi connectivity index (χ4n) is 0.399. The minimum Gasteiger partial charge on any atom is -0.319 e. The molecule has 1 aromatic rings. The Morgan fingerprint density at radius 3 is 2.30 bits per heavy atom. The second-order valence-electron chi connectivity index (χ2n) is 1.55. The monoisotopic (exact) mass is 165 g/mol. The van der Waals surface area contributed by atoms with Crippen LogP contribution in [0.15, 0.2) is 4.79 Å². The summed E-state index contributed by atoms with van der Waals surface area (Å²) >= 11 is 0. The van der Waals surface area contributed by atoms with Gasteiger partial charge in [0.2, 0.25) is 5.57 Å². The Morgan fingerprint density at radius 2 is 2.10 bits per heavy atom. The van der Waals surface area contributed by atoms with Crippen molar-refractivity contribution in [2.75, 3.05) is 0 Å². The molecule has 0 fully saturated rings. The smallest absolute Gasteiger partial charge is 0.319 e. The maximum atomic E-state index is 10.3. The van der Waals surface area contributed by atoms with Crippen molar-refractivity contribution in [3.05, 3.63) is 10.5 Å². The van der Waals surface area contributed by atoms with Gasteiger partial charge in [0.15, 0.2) is 0 Å². The van der Waals surface area contributed by atoms with E-state index in [0.29, 0.717) is 0 Å². The molecule has 1 heterocycles. The third-order valence-electron chi connectivity index (χ3n) is 0.765. The number of aromatic amines is 2. The van der Waals surface area contributed by atoms with Gasteiger partial charge in [-0.25, -0.2) is 9.89 Å². The average molecular weight is 165 g/mol. The van der Waals surface area contributed by atoms with Gasteiger partial charge >= 0.3 is 13.3 Å². The second-order valence-corrected chi connectivity index (χ2v) is 3.06. The second kappa shape index (κ2) is 2.05. The first-order valence-electron chi connectivity index (χ1n) is 2.21. The number of hydrogen-bond acceptors (Lipinski definition) is 3. The number of nitrogens with one attached hydrogen (secondary N) is 2. The van der Waals surface area contributed by atoms with Gasteiger partial charge in [0, 0.05) is 0 Å². The lowest BCUT2D eigenvalue weighted by Crippen LogP contribution is -2.11. The van der Waals surface area contributed by atoms with Crippen LogP contribution in [0.3, 0.4) is 0 Å². The van der Waals surface area contributed by atoms with Crippen LogP contribution in [-0.4, -0.2) is 25.0 Å². The highest BCUT2D eigenvalue weighted by Gasteiger charge is 2.20. The van der Waals surface area contributed by atoms with Gasteiger partial charge in [-0.1, -0.05) is 0 Å². The number of hydrogen-bond donors (Lipinski definition) is 4. The van der Waals surface area contributed by atoms with E-state index in [2.05, 4.69) is 5.10 Å². The third kappa shape index (κ3) is 1.32. The maximum Gasteiger partial charge on any atom is 0.393 e. The van der Waals surface area contributed by atoms with Crippen LogP contribution in [0.5, 0.6) is 0 Å². The Labute approximate surface area is 54.3 Å². The minimum atomic E-state index is -4.40. The van der Waals surface area contributed by atoms with E-state index in [1.807, 2.05) is 10.1 Å². The standard InChI is InChI=1S/C2H4N3O4P/c6-1-3-2(5-4-1)10(7,8)9/h(H2,7,8,9)(H2,3,4,5,6). The highest BCUT2D eigenvalue weighted by Crippen LogP contribution is 2.29. The van der Waals surface area contributed by atoms with Crippen molar-refractivity contribution < 1.29 is 14.4 Å². The molecule has 7 nitrogen and oxygen atoms in total. The van der Waals surface area contributed by atoms with E-state index >= 15 is 0 Å². The normalized spacial score (nSPS) is 11.8. The Hall–Kier alpha value is -0.910. The van der Waals surface area contributed by atoms with Crippen LogP contribution in [0.1, 0.15) is 0 Å². The molecule has 8 heteroatoms. The molecule has 0 aliphatic carbocycles. The predicted octanol–water partition coefficient (Wildman–Crippen LogP) is -2.10. The van der Waals surface area contributed by atoms with Crippen molar-refractivity contribution in [1.82, 2.24) is 15.2 Å². The number of rotatable bonds is 1. The third-order valence-corrected chi connectivity index (χ3v) is 1.53. The summed E-state index contributed by atoms with van der Waals surface area (Å²) in [6.45, 7) is 0. The molecule has 0 spiro atoms. The molecular formula is C2H4N3O4P. The molecule has 0 radical (unpaired) electrons. The molecule has 0 bridgehead atoms. The predicted molar refractivity (Wildman–Crippen MR) is 30.9 cm³/mol. The molecule has 4 N–H and O–H groups in total. The molecule has 1 aromatic heterocycles. The first kappa shape index (κ1) is 7.20. The summed E-state index contributed by atoms with van der Waals surface area (Å²) in [5, 5.41) is 4.85. The van der Waals surface area contributed by atoms with Crippen LogP contribution < -0.4 is 11.3 Å². The van der Waals surface area contributed by atoms with E-state index in [-0.39, 0.29) is 0 Å². The Kier molecular flexibility index (Phi) is 1.47. The highest BCUT2D eigenvalue weighted by molar-refractivity contribution is 7.59. The van der Waals surface area contributed by atoms with E-state index < -0.39 is 18.9 Å². The Morgan fingerprint density at radius 1 is 1.50 bits per heavy atom. The van der Waals surface area contributed by atoms with Gasteiger partial charge in [0.05, 0.1) is 0 Å². The lowest BCUT2D eigenvalue weighted by Gasteiger charge is -1.93. The summed E-state index contributed by atoms with van der Waals surface area (Å²) in [5.41, 5.74) is -1.38. The molecule has 0 amide bonds. The van der Waals surface area contributed by atoms with Crippen LogP contribution in [-0.2, 0) is 4.57 Å². The summed E-state index contributed by atoms with van der Waals surface area (Å²) in [7, 11) is -4.40. The van der Waals surface area contributed by atoms with Crippen LogP contribution in [0.25, 0.3) is 0 Å². The van der Waals surface area contributed by atoms with E-state index in [1.54, 1.807) is 0 Å². The van der Waals surface area contributed by atoms with Gasteiger partial charge in [-0.2, -0.15) is 0 Å². The first-order chi connectivity index (χ1) is 4.50. The molecule has 0 saturated carbocycles. The molecule has 0 unspecified atom stereocenters. The molecule has 1 rings (SSSR count). The van der Waals surface area contributed by atoms with Gasteiger partial charge < -0.3 is 9.79 Å². The van der Waals surface area contributed by atoms with Crippen molar-refractivity contribution in [1.29, 1.82) is 0 Å². The summed E-state index contributed by atoms with van der Waals surface area (Å²) in [4.78, 5) is 28.8. The van der Waals surface area contributed by atoms with E-state index in [1.165, 1.54) is 0 Å². The zero-order chi connectivity index (χ0) is 7.78. The number of nitrogens with zero attached hydrogens (tertiary/aromatic N) is 1. The number of aromatic nitrogens is 3. The largest absolute Gasteiger partial charge is 0.393 e.